The van der Waals surface area contributed by atoms with Gasteiger partial charge in [-0.3, -0.25) is 9.20 Å². The maximum Gasteiger partial charge on any atom is 0.162 e. The fraction of sp³-hybridized carbons (Fsp3) is 0.333. The molecule has 1 aromatic carbocycles. The van der Waals surface area contributed by atoms with Gasteiger partial charge < -0.3 is 11.1 Å². The van der Waals surface area contributed by atoms with E-state index in [0.29, 0.717) is 11.3 Å². The summed E-state index contributed by atoms with van der Waals surface area (Å²) in [6, 6.07) is 14.3. The lowest BCUT2D eigenvalue weighted by atomic mass is 10.0. The highest BCUT2D eigenvalue weighted by atomic mass is 16.1. The summed E-state index contributed by atoms with van der Waals surface area (Å²) in [6.07, 6.45) is 3.70. The minimum atomic E-state index is -0.103. The Morgan fingerprint density at radius 3 is 2.38 bits per heavy atom. The molecule has 3 rings (SSSR count). The average Bonchev–Trinajstić information content (AvgIpc) is 2.95. The smallest absolute Gasteiger partial charge is 0.162 e. The number of anilines is 1. The van der Waals surface area contributed by atoms with E-state index in [1.54, 1.807) is 13.8 Å². The first-order valence-corrected chi connectivity index (χ1v) is 9.96. The number of aryl methyl sites for hydroxylation is 2. The van der Waals surface area contributed by atoms with Crippen molar-refractivity contribution in [2.75, 3.05) is 5.32 Å². The fourth-order valence-electron chi connectivity index (χ4n) is 3.53. The van der Waals surface area contributed by atoms with Crippen LogP contribution in [-0.4, -0.2) is 20.7 Å². The van der Waals surface area contributed by atoms with E-state index >= 15 is 0 Å². The van der Waals surface area contributed by atoms with E-state index in [9.17, 15) is 4.79 Å². The number of benzene rings is 1. The van der Waals surface area contributed by atoms with E-state index in [2.05, 4.69) is 54.8 Å². The number of nitrogens with one attached hydrogen (secondary N) is 1. The Labute approximate surface area is 172 Å². The van der Waals surface area contributed by atoms with Gasteiger partial charge in [-0.2, -0.15) is 0 Å². The highest BCUT2D eigenvalue weighted by molar-refractivity contribution is 6.20. The minimum absolute atomic E-state index is 0.0433. The van der Waals surface area contributed by atoms with Gasteiger partial charge in [0.2, 0.25) is 0 Å². The number of pyridine rings is 1. The molecule has 5 nitrogen and oxygen atoms in total. The average molecular weight is 391 g/mol. The van der Waals surface area contributed by atoms with E-state index in [1.807, 2.05) is 24.4 Å². The molecule has 0 amide bonds. The topological polar surface area (TPSA) is 72.4 Å². The predicted molar refractivity (Wildman–Crippen MR) is 120 cm³/mol. The number of allylic oxidation sites excluding steroid dienone is 2. The first kappa shape index (κ1) is 20.6. The van der Waals surface area contributed by atoms with Crippen molar-refractivity contribution in [1.29, 1.82) is 0 Å². The molecule has 0 atom stereocenters. The van der Waals surface area contributed by atoms with E-state index in [-0.39, 0.29) is 11.3 Å². The highest BCUT2D eigenvalue weighted by Crippen LogP contribution is 2.26. The first-order valence-electron chi connectivity index (χ1n) is 9.96. The van der Waals surface area contributed by atoms with Crippen LogP contribution in [0.25, 0.3) is 11.2 Å². The molecule has 0 bridgehead atoms. The summed E-state index contributed by atoms with van der Waals surface area (Å²) in [5, 5.41) is 3.60. The largest absolute Gasteiger partial charge is 0.402 e. The van der Waals surface area contributed by atoms with Gasteiger partial charge in [0.1, 0.15) is 11.5 Å². The van der Waals surface area contributed by atoms with Gasteiger partial charge in [-0.25, -0.2) is 4.98 Å². The van der Waals surface area contributed by atoms with E-state index in [4.69, 9.17) is 10.7 Å². The molecule has 0 aliphatic carbocycles. The third-order valence-corrected chi connectivity index (χ3v) is 4.72. The number of hydrogen-bond donors (Lipinski definition) is 2. The second-order valence-corrected chi connectivity index (χ2v) is 8.53. The van der Waals surface area contributed by atoms with E-state index < -0.39 is 0 Å². The van der Waals surface area contributed by atoms with Gasteiger partial charge in [0.25, 0.3) is 0 Å². The molecule has 5 heteroatoms. The molecule has 0 aliphatic heterocycles. The number of carbonyl (C=O) groups is 1. The van der Waals surface area contributed by atoms with Crippen LogP contribution in [-0.2, 0) is 17.6 Å². The number of ketones is 1. The van der Waals surface area contributed by atoms with Crippen molar-refractivity contribution in [3.05, 3.63) is 71.2 Å². The van der Waals surface area contributed by atoms with Crippen LogP contribution in [0.1, 0.15) is 51.4 Å². The molecule has 2 heterocycles. The number of Topliss-reactive ketones (excluding diaryl/α,β-unsaturated/α-hetero) is 1. The molecule has 29 heavy (non-hydrogen) atoms. The zero-order chi connectivity index (χ0) is 21.2. The Morgan fingerprint density at radius 1 is 1.10 bits per heavy atom. The Morgan fingerprint density at radius 2 is 1.79 bits per heavy atom. The molecule has 2 aromatic heterocycles. The van der Waals surface area contributed by atoms with Gasteiger partial charge in [0, 0.05) is 23.0 Å². The standard InChI is InChI=1S/C24H30N4O/c1-16(25)22(17(2)29)19-13-14-28-21(15-19)26-20(23(28)27-24(3,4)5)12-11-18-9-7-6-8-10-18/h6-10,13-15,27H,11-12,25H2,1-5H3. The van der Waals surface area contributed by atoms with Crippen molar-refractivity contribution in [2.45, 2.75) is 53.0 Å². The molecular formula is C24H30N4O. The van der Waals surface area contributed by atoms with Gasteiger partial charge >= 0.3 is 0 Å². The zero-order valence-electron chi connectivity index (χ0n) is 17.9. The van der Waals surface area contributed by atoms with Crippen LogP contribution in [0.15, 0.2) is 54.4 Å². The number of imidazole rings is 1. The summed E-state index contributed by atoms with van der Waals surface area (Å²) in [4.78, 5) is 17.0. The third-order valence-electron chi connectivity index (χ3n) is 4.72. The van der Waals surface area contributed by atoms with Crippen LogP contribution in [0.2, 0.25) is 0 Å². The maximum absolute atomic E-state index is 12.1. The van der Waals surface area contributed by atoms with Gasteiger partial charge in [-0.1, -0.05) is 30.3 Å². The monoisotopic (exact) mass is 390 g/mol. The van der Waals surface area contributed by atoms with Crippen LogP contribution in [0.3, 0.4) is 0 Å². The second kappa shape index (κ2) is 8.11. The normalized spacial score (nSPS) is 12.7. The van der Waals surface area contributed by atoms with Crippen molar-refractivity contribution >= 4 is 22.8 Å². The number of nitrogens with two attached hydrogens (primary N) is 1. The summed E-state index contributed by atoms with van der Waals surface area (Å²) in [7, 11) is 0. The molecule has 0 fully saturated rings. The van der Waals surface area contributed by atoms with Gasteiger partial charge in [0.05, 0.1) is 5.69 Å². The van der Waals surface area contributed by atoms with Crippen LogP contribution in [0, 0.1) is 0 Å². The fourth-order valence-corrected chi connectivity index (χ4v) is 3.53. The van der Waals surface area contributed by atoms with Crippen molar-refractivity contribution in [3.63, 3.8) is 0 Å². The third kappa shape index (κ3) is 4.86. The van der Waals surface area contributed by atoms with Crippen LogP contribution >= 0.6 is 0 Å². The maximum atomic E-state index is 12.1. The van der Waals surface area contributed by atoms with Crippen LogP contribution in [0.4, 0.5) is 5.82 Å². The molecule has 0 saturated carbocycles. The van der Waals surface area contributed by atoms with Crippen molar-refractivity contribution in [3.8, 4) is 0 Å². The SMILES string of the molecule is CC(=O)C(=C(C)N)c1ccn2c(NC(C)(C)C)c(CCc3ccccc3)nc2c1. The van der Waals surface area contributed by atoms with Crippen LogP contribution in [0.5, 0.6) is 0 Å². The molecule has 0 saturated heterocycles. The molecule has 0 aliphatic rings. The summed E-state index contributed by atoms with van der Waals surface area (Å²) in [5.74, 6) is 0.950. The summed E-state index contributed by atoms with van der Waals surface area (Å²) < 4.78 is 2.05. The number of carbonyl (C=O) groups excluding carboxylic acids is 1. The Kier molecular flexibility index (Phi) is 5.78. The molecule has 3 aromatic rings. The predicted octanol–water partition coefficient (Wildman–Crippen LogP) is 4.61. The highest BCUT2D eigenvalue weighted by Gasteiger charge is 2.19. The summed E-state index contributed by atoms with van der Waals surface area (Å²) in [5.41, 5.74) is 10.8. The van der Waals surface area contributed by atoms with Crippen molar-refractivity contribution < 1.29 is 4.79 Å². The summed E-state index contributed by atoms with van der Waals surface area (Å²) in [6.45, 7) is 9.70. The van der Waals surface area contributed by atoms with Crippen molar-refractivity contribution in [1.82, 2.24) is 9.38 Å². The molecule has 0 radical (unpaired) electrons. The lowest BCUT2D eigenvalue weighted by Crippen LogP contribution is -2.27. The first-order chi connectivity index (χ1) is 13.7. The van der Waals surface area contributed by atoms with Gasteiger partial charge in [0.15, 0.2) is 5.78 Å². The van der Waals surface area contributed by atoms with Gasteiger partial charge in [-0.15, -0.1) is 0 Å². The zero-order valence-corrected chi connectivity index (χ0v) is 17.9. The Bertz CT molecular complexity index is 1050. The lowest BCUT2D eigenvalue weighted by molar-refractivity contribution is -0.111. The molecule has 3 N–H and O–H groups in total. The van der Waals surface area contributed by atoms with Crippen LogP contribution < -0.4 is 11.1 Å². The second-order valence-electron chi connectivity index (χ2n) is 8.53. The van der Waals surface area contributed by atoms with Crippen molar-refractivity contribution in [2.24, 2.45) is 5.73 Å². The number of hydrogen-bond acceptors (Lipinski definition) is 4. The van der Waals surface area contributed by atoms with E-state index in [1.165, 1.54) is 5.56 Å². The quantitative estimate of drug-likeness (QED) is 0.603. The number of nitrogens with zero attached hydrogens (tertiary/aromatic N) is 2. The molecule has 0 unspecified atom stereocenters. The Balaban J connectivity index is 2.05. The number of fused-ring (bicyclic) bond motifs is 1. The van der Waals surface area contributed by atoms with Gasteiger partial charge in [-0.05, 0) is 70.7 Å². The molecule has 0 spiro atoms. The molecule has 152 valence electrons. The Hall–Kier alpha value is -3.08. The van der Waals surface area contributed by atoms with E-state index in [0.717, 1.165) is 35.6 Å². The number of aromatic nitrogens is 2. The lowest BCUT2D eigenvalue weighted by Gasteiger charge is -2.22. The minimum Gasteiger partial charge on any atom is -0.402 e. The molecular weight excluding hydrogens is 360 g/mol. The summed E-state index contributed by atoms with van der Waals surface area (Å²) >= 11 is 0. The number of rotatable bonds is 6.